The number of carboxylic acid groups (broad SMARTS) is 1. The van der Waals surface area contributed by atoms with Gasteiger partial charge in [0.15, 0.2) is 0 Å². The fraction of sp³-hybridized carbons (Fsp3) is 0.286. The molecule has 0 unspecified atom stereocenters. The second kappa shape index (κ2) is 7.44. The van der Waals surface area contributed by atoms with E-state index in [4.69, 9.17) is 0 Å². The molecule has 0 bridgehead atoms. The van der Waals surface area contributed by atoms with Gasteiger partial charge >= 0.3 is 5.97 Å². The lowest BCUT2D eigenvalue weighted by Gasteiger charge is -2.35. The first-order valence-electron chi connectivity index (χ1n) is 9.40. The zero-order chi connectivity index (χ0) is 19.7. The predicted octanol–water partition coefficient (Wildman–Crippen LogP) is 2.23. The first-order chi connectivity index (χ1) is 13.6. The third-order valence-electron chi connectivity index (χ3n) is 5.32. The molecule has 1 aromatic heterocycles. The van der Waals surface area contributed by atoms with Gasteiger partial charge in [0.05, 0.1) is 22.2 Å². The van der Waals surface area contributed by atoms with E-state index >= 15 is 0 Å². The number of nitrogens with zero attached hydrogens (tertiary/aromatic N) is 4. The maximum absolute atomic E-state index is 13.1. The van der Waals surface area contributed by atoms with E-state index in [0.717, 1.165) is 38.4 Å². The molecule has 144 valence electrons. The second-order valence-electron chi connectivity index (χ2n) is 6.86. The summed E-state index contributed by atoms with van der Waals surface area (Å²) in [6, 6.07) is 12.2. The van der Waals surface area contributed by atoms with Crippen LogP contribution in [0.4, 0.5) is 5.69 Å². The van der Waals surface area contributed by atoms with Crippen molar-refractivity contribution in [3.05, 3.63) is 64.7 Å². The molecule has 0 aliphatic carbocycles. The van der Waals surface area contributed by atoms with Crippen LogP contribution < -0.4 is 10.5 Å². The lowest BCUT2D eigenvalue weighted by Crippen LogP contribution is -2.46. The molecule has 1 fully saturated rings. The Morgan fingerprint density at radius 3 is 2.57 bits per heavy atom. The zero-order valence-electron chi connectivity index (χ0n) is 15.7. The van der Waals surface area contributed by atoms with Crippen molar-refractivity contribution in [3.8, 4) is 5.69 Å². The maximum atomic E-state index is 13.1. The number of anilines is 1. The number of hydrogen-bond acceptors (Lipinski definition) is 5. The average Bonchev–Trinajstić information content (AvgIpc) is 2.74. The molecule has 7 heteroatoms. The number of carboxylic acids is 1. The Morgan fingerprint density at radius 2 is 1.86 bits per heavy atom. The smallest absolute Gasteiger partial charge is 0.337 e. The summed E-state index contributed by atoms with van der Waals surface area (Å²) in [6.07, 6.45) is 1.39. The van der Waals surface area contributed by atoms with E-state index in [9.17, 15) is 14.7 Å². The Balaban J connectivity index is 1.77. The average molecular weight is 378 g/mol. The van der Waals surface area contributed by atoms with E-state index < -0.39 is 5.97 Å². The van der Waals surface area contributed by atoms with Crippen LogP contribution in [0.3, 0.4) is 0 Å². The molecule has 1 aliphatic heterocycles. The Labute approximate surface area is 162 Å². The highest BCUT2D eigenvalue weighted by molar-refractivity contribution is 5.92. The molecule has 3 aromatic rings. The summed E-state index contributed by atoms with van der Waals surface area (Å²) < 4.78 is 1.31. The SMILES string of the molecule is CCN1CCN(c2ccc3ncn(-c4ccccc4C(=O)O)c(=O)c3c2)CC1. The van der Waals surface area contributed by atoms with Crippen molar-refractivity contribution in [2.45, 2.75) is 6.92 Å². The van der Waals surface area contributed by atoms with Crippen molar-refractivity contribution in [2.24, 2.45) is 0 Å². The van der Waals surface area contributed by atoms with Crippen LogP contribution in [0.25, 0.3) is 16.6 Å². The quantitative estimate of drug-likeness (QED) is 0.750. The number of rotatable bonds is 4. The topological polar surface area (TPSA) is 78.7 Å². The molecule has 4 rings (SSSR count). The van der Waals surface area contributed by atoms with Crippen LogP contribution in [0, 0.1) is 0 Å². The van der Waals surface area contributed by atoms with Crippen molar-refractivity contribution in [3.63, 3.8) is 0 Å². The van der Waals surface area contributed by atoms with Crippen LogP contribution in [-0.2, 0) is 0 Å². The zero-order valence-corrected chi connectivity index (χ0v) is 15.7. The number of carbonyl (C=O) groups is 1. The fourth-order valence-corrected chi connectivity index (χ4v) is 3.67. The molecule has 0 atom stereocenters. The molecule has 0 spiro atoms. The minimum atomic E-state index is -1.08. The van der Waals surface area contributed by atoms with Crippen LogP contribution in [0.1, 0.15) is 17.3 Å². The standard InChI is InChI=1S/C21H22N4O3/c1-2-23-9-11-24(12-10-23)15-7-8-18-17(13-15)20(26)25(14-22-18)19-6-4-3-5-16(19)21(27)28/h3-8,13-14H,2,9-12H2,1H3,(H,27,28). The molecular weight excluding hydrogens is 356 g/mol. The number of fused-ring (bicyclic) bond motifs is 1. The summed E-state index contributed by atoms with van der Waals surface area (Å²) in [7, 11) is 0. The van der Waals surface area contributed by atoms with Gasteiger partial charge in [0.25, 0.3) is 5.56 Å². The summed E-state index contributed by atoms with van der Waals surface area (Å²) in [5.41, 5.74) is 1.71. The minimum absolute atomic E-state index is 0.0672. The number of para-hydroxylation sites is 1. The predicted molar refractivity (Wildman–Crippen MR) is 109 cm³/mol. The van der Waals surface area contributed by atoms with E-state index in [0.29, 0.717) is 16.6 Å². The molecule has 7 nitrogen and oxygen atoms in total. The van der Waals surface area contributed by atoms with E-state index in [-0.39, 0.29) is 11.1 Å². The van der Waals surface area contributed by atoms with Gasteiger partial charge < -0.3 is 14.9 Å². The number of likely N-dealkylation sites (N-methyl/N-ethyl adjacent to an activating group) is 1. The highest BCUT2D eigenvalue weighted by Gasteiger charge is 2.18. The maximum Gasteiger partial charge on any atom is 0.337 e. The van der Waals surface area contributed by atoms with Crippen molar-refractivity contribution in [2.75, 3.05) is 37.6 Å². The van der Waals surface area contributed by atoms with E-state index in [1.807, 2.05) is 18.2 Å². The molecule has 1 saturated heterocycles. The van der Waals surface area contributed by atoms with Crippen molar-refractivity contribution in [1.29, 1.82) is 0 Å². The molecule has 2 heterocycles. The van der Waals surface area contributed by atoms with E-state index in [1.165, 1.54) is 17.0 Å². The lowest BCUT2D eigenvalue weighted by atomic mass is 10.1. The Hall–Kier alpha value is -3.19. The monoisotopic (exact) mass is 378 g/mol. The Morgan fingerprint density at radius 1 is 1.11 bits per heavy atom. The molecule has 28 heavy (non-hydrogen) atoms. The van der Waals surface area contributed by atoms with Gasteiger partial charge in [-0.2, -0.15) is 0 Å². The normalized spacial score (nSPS) is 15.1. The summed E-state index contributed by atoms with van der Waals surface area (Å²) in [4.78, 5) is 33.7. The third-order valence-corrected chi connectivity index (χ3v) is 5.32. The van der Waals surface area contributed by atoms with Crippen molar-refractivity contribution >= 4 is 22.6 Å². The summed E-state index contributed by atoms with van der Waals surface area (Å²) >= 11 is 0. The van der Waals surface area contributed by atoms with Gasteiger partial charge in [-0.25, -0.2) is 9.78 Å². The number of piperazine rings is 1. The van der Waals surface area contributed by atoms with Crippen LogP contribution in [0.2, 0.25) is 0 Å². The van der Waals surface area contributed by atoms with E-state index in [2.05, 4.69) is 21.7 Å². The largest absolute Gasteiger partial charge is 0.478 e. The molecule has 0 amide bonds. The van der Waals surface area contributed by atoms with Crippen molar-refractivity contribution in [1.82, 2.24) is 14.5 Å². The van der Waals surface area contributed by atoms with Crippen molar-refractivity contribution < 1.29 is 9.90 Å². The highest BCUT2D eigenvalue weighted by atomic mass is 16.4. The highest BCUT2D eigenvalue weighted by Crippen LogP contribution is 2.21. The molecular formula is C21H22N4O3. The summed E-state index contributed by atoms with van der Waals surface area (Å²) in [5.74, 6) is -1.08. The Kier molecular flexibility index (Phi) is 4.83. The van der Waals surface area contributed by atoms with Crippen LogP contribution in [0.5, 0.6) is 0 Å². The lowest BCUT2D eigenvalue weighted by molar-refractivity contribution is 0.0697. The minimum Gasteiger partial charge on any atom is -0.478 e. The van der Waals surface area contributed by atoms with Gasteiger partial charge in [-0.15, -0.1) is 0 Å². The fourth-order valence-electron chi connectivity index (χ4n) is 3.67. The van der Waals surface area contributed by atoms with E-state index in [1.54, 1.807) is 18.2 Å². The van der Waals surface area contributed by atoms with Gasteiger partial charge in [-0.05, 0) is 36.9 Å². The van der Waals surface area contributed by atoms with Crippen LogP contribution in [-0.4, -0.2) is 58.3 Å². The van der Waals surface area contributed by atoms with Gasteiger partial charge in [0.1, 0.15) is 6.33 Å². The molecule has 0 radical (unpaired) electrons. The van der Waals surface area contributed by atoms with Crippen LogP contribution in [0.15, 0.2) is 53.6 Å². The number of benzene rings is 2. The third kappa shape index (κ3) is 3.25. The van der Waals surface area contributed by atoms with Crippen LogP contribution >= 0.6 is 0 Å². The first-order valence-corrected chi connectivity index (χ1v) is 9.40. The molecule has 0 saturated carbocycles. The molecule has 1 N–H and O–H groups in total. The molecule has 2 aromatic carbocycles. The molecule has 1 aliphatic rings. The summed E-state index contributed by atoms with van der Waals surface area (Å²) in [6.45, 7) is 7.03. The summed E-state index contributed by atoms with van der Waals surface area (Å²) in [5, 5.41) is 9.93. The Bertz CT molecular complexity index is 1080. The number of aromatic carboxylic acids is 1. The first kappa shape index (κ1) is 18.2. The van der Waals surface area contributed by atoms with Gasteiger partial charge in [-0.3, -0.25) is 9.36 Å². The number of hydrogen-bond donors (Lipinski definition) is 1. The van der Waals surface area contributed by atoms with Gasteiger partial charge in [-0.1, -0.05) is 19.1 Å². The van der Waals surface area contributed by atoms with Gasteiger partial charge in [0, 0.05) is 31.9 Å². The number of aromatic nitrogens is 2. The second-order valence-corrected chi connectivity index (χ2v) is 6.86. The van der Waals surface area contributed by atoms with Gasteiger partial charge in [0.2, 0.25) is 0 Å².